The van der Waals surface area contributed by atoms with Crippen molar-refractivity contribution < 1.29 is 19.3 Å². The van der Waals surface area contributed by atoms with Crippen molar-refractivity contribution >= 4 is 24.4 Å². The number of fused-ring (bicyclic) bond motifs is 1. The molecule has 0 saturated heterocycles. The maximum atomic E-state index is 13.2. The van der Waals surface area contributed by atoms with Crippen LogP contribution in [0.15, 0.2) is 36.4 Å². The van der Waals surface area contributed by atoms with E-state index in [-0.39, 0.29) is 11.5 Å². The highest BCUT2D eigenvalue weighted by Crippen LogP contribution is 2.25. The van der Waals surface area contributed by atoms with Gasteiger partial charge in [-0.05, 0) is 70.4 Å². The van der Waals surface area contributed by atoms with Crippen molar-refractivity contribution in [3.63, 3.8) is 0 Å². The molecule has 0 aromatic heterocycles. The topological polar surface area (TPSA) is 83.2 Å². The molecule has 0 aliphatic carbocycles. The number of carbonyl (C=O) groups is 2. The van der Waals surface area contributed by atoms with Gasteiger partial charge in [0.1, 0.15) is 0 Å². The van der Waals surface area contributed by atoms with Crippen molar-refractivity contribution in [2.24, 2.45) is 0 Å². The van der Waals surface area contributed by atoms with Gasteiger partial charge >= 0.3 is 13.3 Å². The maximum Gasteiger partial charge on any atom is 0.497 e. The monoisotopic (exact) mass is 405 g/mol. The van der Waals surface area contributed by atoms with E-state index in [2.05, 4.69) is 10.3 Å². The summed E-state index contributed by atoms with van der Waals surface area (Å²) in [7, 11) is -1.26. The molecule has 1 aliphatic rings. The average Bonchev–Trinajstić information content (AvgIpc) is 2.99. The summed E-state index contributed by atoms with van der Waals surface area (Å²) in [6, 6.07) is 10.2. The molecule has 2 N–H and O–H groups in total. The first-order valence-corrected chi connectivity index (χ1v) is 9.59. The van der Waals surface area contributed by atoms with Crippen LogP contribution in [0.25, 0.3) is 4.85 Å². The number of nitrogens with one attached hydrogen (secondary N) is 1. The lowest BCUT2D eigenvalue weighted by Gasteiger charge is -2.35. The second-order valence-corrected chi connectivity index (χ2v) is 8.44. The lowest BCUT2D eigenvalue weighted by Crippen LogP contribution is -2.56. The van der Waals surface area contributed by atoms with Gasteiger partial charge in [-0.25, -0.2) is 11.6 Å². The number of hydrogen-bond acceptors (Lipinski definition) is 4. The Kier molecular flexibility index (Phi) is 5.71. The molecule has 2 aromatic rings. The number of amides is 2. The van der Waals surface area contributed by atoms with Gasteiger partial charge in [0.05, 0.1) is 11.1 Å². The van der Waals surface area contributed by atoms with Crippen LogP contribution in [0.5, 0.6) is 0 Å². The van der Waals surface area contributed by atoms with Crippen LogP contribution >= 0.6 is 0 Å². The highest BCUT2D eigenvalue weighted by atomic mass is 16.5. The van der Waals surface area contributed by atoms with E-state index in [1.54, 1.807) is 24.3 Å². The van der Waals surface area contributed by atoms with Gasteiger partial charge in [-0.2, -0.15) is 0 Å². The summed E-state index contributed by atoms with van der Waals surface area (Å²) in [4.78, 5) is 29.5. The minimum Gasteiger partial charge on any atom is -0.423 e. The molecule has 30 heavy (non-hydrogen) atoms. The quantitative estimate of drug-likeness (QED) is 0.457. The highest BCUT2D eigenvalue weighted by Gasteiger charge is 2.39. The van der Waals surface area contributed by atoms with E-state index >= 15 is 0 Å². The van der Waals surface area contributed by atoms with Crippen LogP contribution in [0, 0.1) is 20.4 Å². The largest absolute Gasteiger partial charge is 0.497 e. The second-order valence-electron chi connectivity index (χ2n) is 8.44. The van der Waals surface area contributed by atoms with Gasteiger partial charge in [-0.3, -0.25) is 19.9 Å². The third-order valence-electron chi connectivity index (χ3n) is 4.81. The summed E-state index contributed by atoms with van der Waals surface area (Å²) in [5, 5.41) is 11.3. The van der Waals surface area contributed by atoms with E-state index in [0.29, 0.717) is 16.6 Å². The van der Waals surface area contributed by atoms with E-state index < -0.39 is 24.8 Å². The number of benzene rings is 2. The Morgan fingerprint density at radius 1 is 1.13 bits per heavy atom. The number of carbonyl (C=O) groups excluding carboxylic acids is 2. The molecule has 0 spiro atoms. The fourth-order valence-electron chi connectivity index (χ4n) is 3.44. The SMILES string of the molecule is [C-]#[N+]C1OB(O)c2cc(C(=O)NN(C(=O)c3cc(C)cc(C)c3)C(C)(C)C)ccc21. The first-order chi connectivity index (χ1) is 14.0. The molecule has 0 bridgehead atoms. The Morgan fingerprint density at radius 3 is 2.33 bits per heavy atom. The van der Waals surface area contributed by atoms with Crippen molar-refractivity contribution in [2.75, 3.05) is 0 Å². The Labute approximate surface area is 176 Å². The van der Waals surface area contributed by atoms with Crippen molar-refractivity contribution in [1.29, 1.82) is 0 Å². The molecule has 0 radical (unpaired) electrons. The van der Waals surface area contributed by atoms with Gasteiger partial charge in [-0.15, -0.1) is 0 Å². The molecule has 7 nitrogen and oxygen atoms in total. The Morgan fingerprint density at radius 2 is 1.77 bits per heavy atom. The zero-order chi connectivity index (χ0) is 22.2. The molecule has 1 unspecified atom stereocenters. The van der Waals surface area contributed by atoms with Crippen LogP contribution in [0.4, 0.5) is 0 Å². The molecule has 154 valence electrons. The van der Waals surface area contributed by atoms with E-state index in [4.69, 9.17) is 11.2 Å². The van der Waals surface area contributed by atoms with Crippen LogP contribution < -0.4 is 10.9 Å². The molecule has 2 amide bonds. The third kappa shape index (κ3) is 4.23. The van der Waals surface area contributed by atoms with E-state index in [1.165, 1.54) is 11.1 Å². The average molecular weight is 405 g/mol. The van der Waals surface area contributed by atoms with Crippen LogP contribution in [0.3, 0.4) is 0 Å². The number of hydrazine groups is 1. The predicted molar refractivity (Wildman–Crippen MR) is 114 cm³/mol. The van der Waals surface area contributed by atoms with Crippen molar-refractivity contribution in [3.8, 4) is 0 Å². The van der Waals surface area contributed by atoms with Crippen LogP contribution in [0.1, 0.15) is 64.4 Å². The molecule has 2 aromatic carbocycles. The molecule has 3 rings (SSSR count). The fourth-order valence-corrected chi connectivity index (χ4v) is 3.44. The Bertz CT molecular complexity index is 1040. The Hall–Kier alpha value is -3.15. The highest BCUT2D eigenvalue weighted by molar-refractivity contribution is 6.62. The zero-order valence-electron chi connectivity index (χ0n) is 17.7. The number of nitrogens with zero attached hydrogens (tertiary/aromatic N) is 2. The summed E-state index contributed by atoms with van der Waals surface area (Å²) in [6.45, 7) is 16.5. The normalized spacial score (nSPS) is 15.4. The van der Waals surface area contributed by atoms with E-state index in [0.717, 1.165) is 11.1 Å². The van der Waals surface area contributed by atoms with E-state index in [9.17, 15) is 14.6 Å². The van der Waals surface area contributed by atoms with Crippen LogP contribution in [-0.4, -0.2) is 34.5 Å². The van der Waals surface area contributed by atoms with Gasteiger partial charge in [0.2, 0.25) is 0 Å². The fraction of sp³-hybridized carbons (Fsp3) is 0.318. The van der Waals surface area contributed by atoms with E-state index in [1.807, 2.05) is 40.7 Å². The summed E-state index contributed by atoms with van der Waals surface area (Å²) in [5.74, 6) is -0.816. The van der Waals surface area contributed by atoms with Crippen LogP contribution in [-0.2, 0) is 4.65 Å². The molecule has 0 saturated carbocycles. The van der Waals surface area contributed by atoms with Gasteiger partial charge in [0.25, 0.3) is 11.8 Å². The minimum atomic E-state index is -1.26. The minimum absolute atomic E-state index is 0.254. The lowest BCUT2D eigenvalue weighted by molar-refractivity contribution is 0.0358. The lowest BCUT2D eigenvalue weighted by atomic mass is 9.78. The maximum absolute atomic E-state index is 13.2. The van der Waals surface area contributed by atoms with Gasteiger partial charge in [-0.1, -0.05) is 17.2 Å². The molecule has 1 aliphatic heterocycles. The molecule has 8 heteroatoms. The van der Waals surface area contributed by atoms with Crippen molar-refractivity contribution in [2.45, 2.75) is 46.4 Å². The number of hydrogen-bond donors (Lipinski definition) is 2. The summed E-state index contributed by atoms with van der Waals surface area (Å²) >= 11 is 0. The molecular formula is C22H24BN3O4. The number of rotatable bonds is 2. The first kappa shape index (κ1) is 21.6. The van der Waals surface area contributed by atoms with Crippen LogP contribution in [0.2, 0.25) is 0 Å². The summed E-state index contributed by atoms with van der Waals surface area (Å²) < 4.78 is 5.17. The van der Waals surface area contributed by atoms with Gasteiger partial charge in [0, 0.05) is 11.1 Å². The zero-order valence-corrected chi connectivity index (χ0v) is 17.7. The molecule has 0 fully saturated rings. The van der Waals surface area contributed by atoms with Crippen molar-refractivity contribution in [1.82, 2.24) is 10.4 Å². The molecule has 1 heterocycles. The first-order valence-electron chi connectivity index (χ1n) is 9.59. The van der Waals surface area contributed by atoms with Gasteiger partial charge in [0.15, 0.2) is 0 Å². The number of aryl methyl sites for hydroxylation is 2. The smallest absolute Gasteiger partial charge is 0.423 e. The van der Waals surface area contributed by atoms with Gasteiger partial charge < -0.3 is 9.68 Å². The second kappa shape index (κ2) is 7.94. The predicted octanol–water partition coefficient (Wildman–Crippen LogP) is 2.52. The van der Waals surface area contributed by atoms with Crippen molar-refractivity contribution in [3.05, 3.63) is 75.6 Å². The molecule has 1 atom stereocenters. The summed E-state index contributed by atoms with van der Waals surface area (Å²) in [6.07, 6.45) is -0.885. The summed E-state index contributed by atoms with van der Waals surface area (Å²) in [5.41, 5.74) is 5.60. The Balaban J connectivity index is 1.89. The molecular weight excluding hydrogens is 381 g/mol. The third-order valence-corrected chi connectivity index (χ3v) is 4.81. The standard InChI is InChI=1S/C22H24BN3O4/c1-13-9-14(2)11-16(10-13)21(28)26(22(3,4)5)25-19(27)15-7-8-17-18(12-15)23(29)30-20(17)24-6/h7-12,20,29H,1-5H3,(H,25,27).